The van der Waals surface area contributed by atoms with E-state index in [1.807, 2.05) is 12.1 Å². The fourth-order valence-electron chi connectivity index (χ4n) is 2.19. The Kier molecular flexibility index (Phi) is 6.50. The van der Waals surface area contributed by atoms with E-state index in [9.17, 15) is 5.11 Å². The Morgan fingerprint density at radius 2 is 2.05 bits per heavy atom. The summed E-state index contributed by atoms with van der Waals surface area (Å²) in [5, 5.41) is 19.0. The lowest BCUT2D eigenvalue weighted by molar-refractivity contribution is 0.197. The van der Waals surface area contributed by atoms with Gasteiger partial charge in [0.15, 0.2) is 0 Å². The number of hydrogen-bond acceptors (Lipinski definition) is 4. The van der Waals surface area contributed by atoms with Crippen LogP contribution in [0.2, 0.25) is 0 Å². The lowest BCUT2D eigenvalue weighted by Crippen LogP contribution is -2.32. The Labute approximate surface area is 121 Å². The molecule has 0 aromatic heterocycles. The topological polar surface area (TPSA) is 56.5 Å². The van der Waals surface area contributed by atoms with Gasteiger partial charge in [0.2, 0.25) is 0 Å². The van der Waals surface area contributed by atoms with Crippen molar-refractivity contribution in [2.45, 2.75) is 26.9 Å². The zero-order chi connectivity index (χ0) is 15.1. The summed E-state index contributed by atoms with van der Waals surface area (Å²) in [5.41, 5.74) is 2.38. The Hall–Kier alpha value is -1.57. The lowest BCUT2D eigenvalue weighted by atomic mass is 10.0. The van der Waals surface area contributed by atoms with E-state index >= 15 is 0 Å². The van der Waals surface area contributed by atoms with Crippen molar-refractivity contribution < 1.29 is 9.84 Å². The van der Waals surface area contributed by atoms with E-state index in [0.717, 1.165) is 24.3 Å². The van der Waals surface area contributed by atoms with Crippen LogP contribution in [0.3, 0.4) is 0 Å². The maximum atomic E-state index is 9.94. The smallest absolute Gasteiger partial charge is 0.0992 e. The largest absolute Gasteiger partial charge is 0.389 e. The summed E-state index contributed by atoms with van der Waals surface area (Å²) in [4.78, 5) is 2.18. The molecule has 1 N–H and O–H groups in total. The van der Waals surface area contributed by atoms with Crippen molar-refractivity contribution in [1.29, 1.82) is 5.26 Å². The summed E-state index contributed by atoms with van der Waals surface area (Å²) in [5.74, 6) is 0.486. The zero-order valence-electron chi connectivity index (χ0n) is 12.8. The second-order valence-electron chi connectivity index (χ2n) is 5.39. The van der Waals surface area contributed by atoms with Crippen molar-refractivity contribution in [3.05, 3.63) is 29.3 Å². The molecule has 0 amide bonds. The van der Waals surface area contributed by atoms with E-state index in [0.29, 0.717) is 18.1 Å². The van der Waals surface area contributed by atoms with Crippen LogP contribution >= 0.6 is 0 Å². The highest BCUT2D eigenvalue weighted by Gasteiger charge is 2.16. The van der Waals surface area contributed by atoms with E-state index in [1.165, 1.54) is 0 Å². The summed E-state index contributed by atoms with van der Waals surface area (Å²) in [7, 11) is 1.68. The molecular weight excluding hydrogens is 252 g/mol. The second-order valence-corrected chi connectivity index (χ2v) is 5.39. The molecule has 1 aromatic carbocycles. The number of methoxy groups -OCH3 is 1. The van der Waals surface area contributed by atoms with Gasteiger partial charge in [-0.15, -0.1) is 0 Å². The average Bonchev–Trinajstić information content (AvgIpc) is 2.42. The van der Waals surface area contributed by atoms with Crippen LogP contribution in [-0.2, 0) is 4.74 Å². The molecule has 4 heteroatoms. The molecule has 0 spiro atoms. The molecule has 1 atom stereocenters. The predicted octanol–water partition coefficient (Wildman–Crippen LogP) is 2.72. The van der Waals surface area contributed by atoms with E-state index in [-0.39, 0.29) is 0 Å². The normalized spacial score (nSPS) is 12.2. The predicted molar refractivity (Wildman–Crippen MR) is 80.7 cm³/mol. The van der Waals surface area contributed by atoms with Crippen LogP contribution in [0, 0.1) is 17.2 Å². The summed E-state index contributed by atoms with van der Waals surface area (Å²) in [6.07, 6.45) is -0.560. The third kappa shape index (κ3) is 4.52. The number of ether oxygens (including phenoxy) is 1. The molecule has 0 heterocycles. The van der Waals surface area contributed by atoms with Gasteiger partial charge in [0.05, 0.1) is 24.3 Å². The standard InChI is InChI=1S/C16H24N2O2/c1-12(2)11-18(7-8-20-4)16-9-14(10-17)5-6-15(16)13(3)19/h5-6,9,12-13,19H,7-8,11H2,1-4H3/t13-/m1/s1. The van der Waals surface area contributed by atoms with Gasteiger partial charge in [-0.05, 0) is 25.0 Å². The number of nitrogens with zero attached hydrogens (tertiary/aromatic N) is 2. The van der Waals surface area contributed by atoms with Crippen LogP contribution in [0.25, 0.3) is 0 Å². The minimum absolute atomic E-state index is 0.486. The quantitative estimate of drug-likeness (QED) is 0.832. The van der Waals surface area contributed by atoms with Crippen LogP contribution in [-0.4, -0.2) is 31.9 Å². The van der Waals surface area contributed by atoms with E-state index in [1.54, 1.807) is 20.1 Å². The lowest BCUT2D eigenvalue weighted by Gasteiger charge is -2.29. The molecule has 0 aliphatic carbocycles. The van der Waals surface area contributed by atoms with Crippen LogP contribution < -0.4 is 4.90 Å². The molecule has 110 valence electrons. The van der Waals surface area contributed by atoms with Gasteiger partial charge in [-0.3, -0.25) is 0 Å². The van der Waals surface area contributed by atoms with Crippen LogP contribution in [0.4, 0.5) is 5.69 Å². The van der Waals surface area contributed by atoms with E-state index in [2.05, 4.69) is 24.8 Å². The molecular formula is C16H24N2O2. The van der Waals surface area contributed by atoms with E-state index in [4.69, 9.17) is 10.00 Å². The van der Waals surface area contributed by atoms with Gasteiger partial charge in [0.1, 0.15) is 0 Å². The fraction of sp³-hybridized carbons (Fsp3) is 0.562. The first-order chi connectivity index (χ1) is 9.49. The highest BCUT2D eigenvalue weighted by atomic mass is 16.5. The number of anilines is 1. The number of rotatable bonds is 7. The molecule has 0 aliphatic heterocycles. The Morgan fingerprint density at radius 3 is 2.55 bits per heavy atom. The number of benzene rings is 1. The first-order valence-electron chi connectivity index (χ1n) is 6.95. The number of hydrogen-bond donors (Lipinski definition) is 1. The fourth-order valence-corrected chi connectivity index (χ4v) is 2.19. The van der Waals surface area contributed by atoms with Crippen molar-refractivity contribution in [3.63, 3.8) is 0 Å². The average molecular weight is 276 g/mol. The molecule has 1 aromatic rings. The van der Waals surface area contributed by atoms with Crippen molar-refractivity contribution >= 4 is 5.69 Å². The Morgan fingerprint density at radius 1 is 1.35 bits per heavy atom. The van der Waals surface area contributed by atoms with Crippen molar-refractivity contribution in [3.8, 4) is 6.07 Å². The molecule has 0 saturated carbocycles. The molecule has 0 aliphatic rings. The molecule has 0 radical (unpaired) electrons. The highest BCUT2D eigenvalue weighted by molar-refractivity contribution is 5.58. The molecule has 20 heavy (non-hydrogen) atoms. The van der Waals surface area contributed by atoms with Crippen molar-refractivity contribution in [2.24, 2.45) is 5.92 Å². The monoisotopic (exact) mass is 276 g/mol. The van der Waals surface area contributed by atoms with Crippen molar-refractivity contribution in [2.75, 3.05) is 31.7 Å². The minimum atomic E-state index is -0.560. The highest BCUT2D eigenvalue weighted by Crippen LogP contribution is 2.28. The summed E-state index contributed by atoms with van der Waals surface area (Å²) in [6.45, 7) is 8.25. The number of aliphatic hydroxyl groups is 1. The van der Waals surface area contributed by atoms with Crippen LogP contribution in [0.5, 0.6) is 0 Å². The zero-order valence-corrected chi connectivity index (χ0v) is 12.8. The molecule has 0 fully saturated rings. The summed E-state index contributed by atoms with van der Waals surface area (Å²) < 4.78 is 5.16. The number of aliphatic hydroxyl groups excluding tert-OH is 1. The maximum Gasteiger partial charge on any atom is 0.0992 e. The first kappa shape index (κ1) is 16.5. The molecule has 0 bridgehead atoms. The second kappa shape index (κ2) is 7.88. The van der Waals surface area contributed by atoms with Gasteiger partial charge >= 0.3 is 0 Å². The van der Waals surface area contributed by atoms with Gasteiger partial charge in [0.25, 0.3) is 0 Å². The SMILES string of the molecule is COCCN(CC(C)C)c1cc(C#N)ccc1[C@@H](C)O. The van der Waals surface area contributed by atoms with Gasteiger partial charge in [0, 0.05) is 31.5 Å². The Bertz CT molecular complexity index is 464. The summed E-state index contributed by atoms with van der Waals surface area (Å²) in [6, 6.07) is 7.58. The maximum absolute atomic E-state index is 9.94. The van der Waals surface area contributed by atoms with Gasteiger partial charge in [-0.2, -0.15) is 5.26 Å². The Balaban J connectivity index is 3.17. The van der Waals surface area contributed by atoms with Gasteiger partial charge in [-0.1, -0.05) is 19.9 Å². The third-order valence-electron chi connectivity index (χ3n) is 3.10. The first-order valence-corrected chi connectivity index (χ1v) is 6.95. The van der Waals surface area contributed by atoms with Crippen molar-refractivity contribution in [1.82, 2.24) is 0 Å². The van der Waals surface area contributed by atoms with Crippen LogP contribution in [0.1, 0.15) is 38.0 Å². The molecule has 0 saturated heterocycles. The third-order valence-corrected chi connectivity index (χ3v) is 3.10. The van der Waals surface area contributed by atoms with Gasteiger partial charge < -0.3 is 14.7 Å². The van der Waals surface area contributed by atoms with Crippen LogP contribution in [0.15, 0.2) is 18.2 Å². The summed E-state index contributed by atoms with van der Waals surface area (Å²) >= 11 is 0. The minimum Gasteiger partial charge on any atom is -0.389 e. The van der Waals surface area contributed by atoms with Gasteiger partial charge in [-0.25, -0.2) is 0 Å². The molecule has 4 nitrogen and oxygen atoms in total. The molecule has 0 unspecified atom stereocenters. The molecule has 1 rings (SSSR count). The van der Waals surface area contributed by atoms with E-state index < -0.39 is 6.10 Å². The number of nitriles is 1.